The van der Waals surface area contributed by atoms with Crippen molar-refractivity contribution in [3.05, 3.63) is 54.6 Å². The third-order valence-corrected chi connectivity index (χ3v) is 5.43. The molecule has 0 aliphatic carbocycles. The number of nitrogens with two attached hydrogens (primary N) is 1. The minimum Gasteiger partial charge on any atom is -0.396 e. The fourth-order valence-electron chi connectivity index (χ4n) is 2.44. The summed E-state index contributed by atoms with van der Waals surface area (Å²) in [6.45, 7) is 0. The van der Waals surface area contributed by atoms with E-state index in [2.05, 4.69) is 10.2 Å². The van der Waals surface area contributed by atoms with E-state index in [4.69, 9.17) is 5.73 Å². The molecule has 3 aromatic rings. The molecule has 0 aliphatic rings. The molecule has 0 amide bonds. The Kier molecular flexibility index (Phi) is 4.70. The van der Waals surface area contributed by atoms with Gasteiger partial charge in [-0.15, -0.1) is 5.11 Å². The molecule has 4 N–H and O–H groups in total. The minimum atomic E-state index is -4.72. The van der Waals surface area contributed by atoms with Crippen molar-refractivity contribution in [2.45, 2.75) is 9.79 Å². The highest BCUT2D eigenvalue weighted by Gasteiger charge is 2.21. The van der Waals surface area contributed by atoms with Gasteiger partial charge in [0, 0.05) is 5.39 Å². The van der Waals surface area contributed by atoms with Crippen LogP contribution < -0.4 is 5.73 Å². The topological polar surface area (TPSA) is 159 Å². The maximum Gasteiger partial charge on any atom is 0.296 e. The molecule has 0 saturated heterocycles. The van der Waals surface area contributed by atoms with Gasteiger partial charge in [-0.25, -0.2) is 0 Å². The van der Waals surface area contributed by atoms with Crippen LogP contribution in [0.3, 0.4) is 0 Å². The van der Waals surface area contributed by atoms with E-state index in [-0.39, 0.29) is 22.1 Å². The van der Waals surface area contributed by atoms with Gasteiger partial charge in [0.15, 0.2) is 0 Å². The number of hydrogen-bond acceptors (Lipinski definition) is 7. The molecule has 0 unspecified atom stereocenters. The van der Waals surface area contributed by atoms with Crippen LogP contribution in [0, 0.1) is 0 Å². The number of nitrogen functional groups attached to an aromatic ring is 1. The van der Waals surface area contributed by atoms with Gasteiger partial charge in [0.05, 0.1) is 16.3 Å². The summed E-state index contributed by atoms with van der Waals surface area (Å²) in [6, 6.07) is 13.0. The summed E-state index contributed by atoms with van der Waals surface area (Å²) in [7, 11) is -9.24. The van der Waals surface area contributed by atoms with Crippen LogP contribution in [0.1, 0.15) is 0 Å². The Hall–Kier alpha value is -2.86. The summed E-state index contributed by atoms with van der Waals surface area (Å²) in [5, 5.41) is 8.33. The maximum absolute atomic E-state index is 11.6. The zero-order valence-electron chi connectivity index (χ0n) is 13.5. The zero-order chi connectivity index (χ0) is 19.8. The molecular formula is C16H13N3O6S2. The van der Waals surface area contributed by atoms with Gasteiger partial charge in [0.25, 0.3) is 20.2 Å². The fraction of sp³-hybridized carbons (Fsp3) is 0. The van der Waals surface area contributed by atoms with Gasteiger partial charge in [-0.2, -0.15) is 21.9 Å². The number of benzene rings is 3. The Balaban J connectivity index is 2.33. The predicted octanol–water partition coefficient (Wildman–Crippen LogP) is 3.33. The third-order valence-electron chi connectivity index (χ3n) is 3.68. The average Bonchev–Trinajstić information content (AvgIpc) is 2.59. The molecule has 27 heavy (non-hydrogen) atoms. The van der Waals surface area contributed by atoms with E-state index >= 15 is 0 Å². The second-order valence-electron chi connectivity index (χ2n) is 5.51. The Morgan fingerprint density at radius 1 is 0.815 bits per heavy atom. The molecule has 0 saturated carbocycles. The lowest BCUT2D eigenvalue weighted by Crippen LogP contribution is -2.04. The van der Waals surface area contributed by atoms with Crippen molar-refractivity contribution in [1.82, 2.24) is 0 Å². The summed E-state index contributed by atoms with van der Waals surface area (Å²) in [5.41, 5.74) is 5.93. The van der Waals surface area contributed by atoms with Crippen LogP contribution in [-0.4, -0.2) is 25.9 Å². The molecule has 3 rings (SSSR count). The standard InChI is InChI=1S/C16H13N3O6S2/c17-15-14(27(23,24)25)9-10-8-12(26(20,21)22)6-7-13(10)16(15)19-18-11-4-2-1-3-5-11/h1-9H,17H2,(H,20,21,22)(H,23,24,25). The van der Waals surface area contributed by atoms with Crippen molar-refractivity contribution in [3.63, 3.8) is 0 Å². The molecular weight excluding hydrogens is 394 g/mol. The van der Waals surface area contributed by atoms with Gasteiger partial charge < -0.3 is 5.73 Å². The highest BCUT2D eigenvalue weighted by Crippen LogP contribution is 2.39. The largest absolute Gasteiger partial charge is 0.396 e. The van der Waals surface area contributed by atoms with Gasteiger partial charge >= 0.3 is 0 Å². The van der Waals surface area contributed by atoms with Crippen molar-refractivity contribution in [2.75, 3.05) is 5.73 Å². The van der Waals surface area contributed by atoms with E-state index < -0.39 is 30.0 Å². The van der Waals surface area contributed by atoms with E-state index in [0.717, 1.165) is 18.2 Å². The van der Waals surface area contributed by atoms with Crippen LogP contribution in [-0.2, 0) is 20.2 Å². The number of anilines is 1. The van der Waals surface area contributed by atoms with Gasteiger partial charge in [-0.05, 0) is 35.7 Å². The third kappa shape index (κ3) is 3.95. The Labute approximate surface area is 154 Å². The highest BCUT2D eigenvalue weighted by atomic mass is 32.2. The molecule has 140 valence electrons. The van der Waals surface area contributed by atoms with Gasteiger partial charge in [0.1, 0.15) is 10.6 Å². The van der Waals surface area contributed by atoms with Crippen LogP contribution in [0.5, 0.6) is 0 Å². The van der Waals surface area contributed by atoms with E-state index in [1.807, 2.05) is 0 Å². The SMILES string of the molecule is Nc1c(S(=O)(=O)O)cc2cc(S(=O)(=O)O)ccc2c1N=Nc1ccccc1. The lowest BCUT2D eigenvalue weighted by Gasteiger charge is -2.10. The molecule has 0 fully saturated rings. The highest BCUT2D eigenvalue weighted by molar-refractivity contribution is 7.86. The summed E-state index contributed by atoms with van der Waals surface area (Å²) in [4.78, 5) is -1.10. The van der Waals surface area contributed by atoms with E-state index in [1.165, 1.54) is 6.07 Å². The van der Waals surface area contributed by atoms with Crippen molar-refractivity contribution in [1.29, 1.82) is 0 Å². The minimum absolute atomic E-state index is 0.0640. The second-order valence-corrected chi connectivity index (χ2v) is 8.32. The van der Waals surface area contributed by atoms with Crippen LogP contribution in [0.15, 0.2) is 74.6 Å². The van der Waals surface area contributed by atoms with E-state index in [0.29, 0.717) is 5.69 Å². The summed E-state index contributed by atoms with van der Waals surface area (Å²) in [6.07, 6.45) is 0. The van der Waals surface area contributed by atoms with Gasteiger partial charge in [0.2, 0.25) is 0 Å². The molecule has 11 heteroatoms. The van der Waals surface area contributed by atoms with Gasteiger partial charge in [-0.3, -0.25) is 9.11 Å². The molecule has 0 aliphatic heterocycles. The molecule has 0 atom stereocenters. The Bertz CT molecular complexity index is 1270. The van der Waals surface area contributed by atoms with Crippen molar-refractivity contribution >= 4 is 48.1 Å². The first kappa shape index (κ1) is 18.9. The number of rotatable bonds is 4. The number of fused-ring (bicyclic) bond motifs is 1. The second kappa shape index (κ2) is 6.70. The molecule has 0 heterocycles. The molecule has 3 aromatic carbocycles. The molecule has 9 nitrogen and oxygen atoms in total. The first-order chi connectivity index (χ1) is 12.6. The summed E-state index contributed by atoms with van der Waals surface area (Å²) in [5.74, 6) is 0. The molecule has 0 spiro atoms. The predicted molar refractivity (Wildman–Crippen MR) is 98.6 cm³/mol. The Morgan fingerprint density at radius 3 is 2.07 bits per heavy atom. The number of nitrogens with zero attached hydrogens (tertiary/aromatic N) is 2. The van der Waals surface area contributed by atoms with E-state index in [1.54, 1.807) is 30.3 Å². The number of azo groups is 1. The van der Waals surface area contributed by atoms with Gasteiger partial charge in [-0.1, -0.05) is 24.3 Å². The van der Waals surface area contributed by atoms with Crippen molar-refractivity contribution in [3.8, 4) is 0 Å². The van der Waals surface area contributed by atoms with Crippen molar-refractivity contribution in [2.24, 2.45) is 10.2 Å². The lowest BCUT2D eigenvalue weighted by molar-refractivity contribution is 0.481. The smallest absolute Gasteiger partial charge is 0.296 e. The Morgan fingerprint density at radius 2 is 1.48 bits per heavy atom. The number of hydrogen-bond donors (Lipinski definition) is 3. The van der Waals surface area contributed by atoms with Crippen molar-refractivity contribution < 1.29 is 25.9 Å². The average molecular weight is 407 g/mol. The van der Waals surface area contributed by atoms with Crippen LogP contribution in [0.25, 0.3) is 10.8 Å². The first-order valence-corrected chi connectivity index (χ1v) is 10.2. The van der Waals surface area contributed by atoms with Crippen LogP contribution in [0.2, 0.25) is 0 Å². The summed E-state index contributed by atoms with van der Waals surface area (Å²) >= 11 is 0. The lowest BCUT2D eigenvalue weighted by atomic mass is 10.1. The zero-order valence-corrected chi connectivity index (χ0v) is 15.1. The molecule has 0 aromatic heterocycles. The van der Waals surface area contributed by atoms with Crippen LogP contribution >= 0.6 is 0 Å². The fourth-order valence-corrected chi connectivity index (χ4v) is 3.61. The molecule has 0 radical (unpaired) electrons. The molecule has 0 bridgehead atoms. The van der Waals surface area contributed by atoms with E-state index in [9.17, 15) is 25.9 Å². The monoisotopic (exact) mass is 407 g/mol. The quantitative estimate of drug-likeness (QED) is 0.339. The summed E-state index contributed by atoms with van der Waals surface area (Å²) < 4.78 is 64.6. The normalized spacial score (nSPS) is 12.7. The van der Waals surface area contributed by atoms with Crippen LogP contribution in [0.4, 0.5) is 17.1 Å². The first-order valence-electron chi connectivity index (χ1n) is 7.35. The maximum atomic E-state index is 11.6.